The summed E-state index contributed by atoms with van der Waals surface area (Å²) < 4.78 is 33.5. The van der Waals surface area contributed by atoms with Crippen molar-refractivity contribution in [1.29, 1.82) is 0 Å². The van der Waals surface area contributed by atoms with Gasteiger partial charge in [0.15, 0.2) is 5.78 Å². The minimum absolute atomic E-state index is 0.0468. The maximum atomic E-state index is 13.1. The lowest BCUT2D eigenvalue weighted by molar-refractivity contribution is -0.114. The Balaban J connectivity index is 1.74. The van der Waals surface area contributed by atoms with Crippen LogP contribution in [0.4, 0.5) is 0 Å². The maximum absolute atomic E-state index is 13.1. The number of carbonyl (C=O) groups excluding carboxylic acids is 2. The Hall–Kier alpha value is -4.04. The second-order valence-electron chi connectivity index (χ2n) is 8.31. The van der Waals surface area contributed by atoms with E-state index in [1.165, 1.54) is 18.2 Å². The van der Waals surface area contributed by atoms with E-state index in [1.807, 2.05) is 61.9 Å². The normalized spacial score (nSPS) is 13.3. The first-order valence-electron chi connectivity index (χ1n) is 10.9. The lowest BCUT2D eigenvalue weighted by Gasteiger charge is -2.15. The van der Waals surface area contributed by atoms with Crippen molar-refractivity contribution in [2.45, 2.75) is 27.2 Å². The third-order valence-corrected chi connectivity index (χ3v) is 6.86. The molecule has 178 valence electrons. The van der Waals surface area contributed by atoms with E-state index < -0.39 is 26.6 Å². The van der Waals surface area contributed by atoms with Gasteiger partial charge in [-0.2, -0.15) is 0 Å². The Morgan fingerprint density at radius 3 is 2.37 bits per heavy atom. The first kappa shape index (κ1) is 24.1. The van der Waals surface area contributed by atoms with Crippen LogP contribution in [0, 0.1) is 20.8 Å². The molecule has 1 aliphatic carbocycles. The molecule has 0 saturated carbocycles. The van der Waals surface area contributed by atoms with Crippen LogP contribution in [0.15, 0.2) is 77.7 Å². The first-order chi connectivity index (χ1) is 16.6. The number of sulfonamides is 1. The number of rotatable bonds is 6. The molecule has 1 heterocycles. The van der Waals surface area contributed by atoms with Gasteiger partial charge in [-0.15, -0.1) is 0 Å². The highest BCUT2D eigenvalue weighted by Gasteiger charge is 2.29. The van der Waals surface area contributed by atoms with Crippen LogP contribution < -0.4 is 9.46 Å². The van der Waals surface area contributed by atoms with E-state index in [1.54, 1.807) is 18.2 Å². The number of Topliss-reactive ketones (excluding diaryl/α,β-unsaturated/α-hetero) is 1. The summed E-state index contributed by atoms with van der Waals surface area (Å²) in [4.78, 5) is 29.2. The highest BCUT2D eigenvalue weighted by Crippen LogP contribution is 2.30. The smallest absolute Gasteiger partial charge is 0.270 e. The number of pyridine rings is 1. The fraction of sp³-hybridized carbons (Fsp3) is 0.148. The van der Waals surface area contributed by atoms with Gasteiger partial charge >= 0.3 is 0 Å². The van der Waals surface area contributed by atoms with E-state index in [0.29, 0.717) is 11.4 Å². The molecule has 1 aromatic heterocycles. The number of ketones is 1. The fourth-order valence-corrected chi connectivity index (χ4v) is 4.69. The minimum atomic E-state index is -4.37. The number of allylic oxidation sites excluding steroid dienone is 4. The predicted molar refractivity (Wildman–Crippen MR) is 134 cm³/mol. The number of amides is 1. The monoisotopic (exact) mass is 488 g/mol. The van der Waals surface area contributed by atoms with Gasteiger partial charge in [0, 0.05) is 12.0 Å². The Labute approximate surface area is 204 Å². The second-order valence-corrected chi connectivity index (χ2v) is 9.96. The summed E-state index contributed by atoms with van der Waals surface area (Å²) in [5.74, 6) is -1.11. The Morgan fingerprint density at radius 2 is 1.69 bits per heavy atom. The van der Waals surface area contributed by atoms with Crippen LogP contribution in [0.2, 0.25) is 0 Å². The molecule has 0 fully saturated rings. The van der Waals surface area contributed by atoms with Crippen LogP contribution in [-0.2, 0) is 14.8 Å². The summed E-state index contributed by atoms with van der Waals surface area (Å²) in [5.41, 5.74) is 4.24. The number of hydrogen-bond donors (Lipinski definition) is 1. The molecule has 0 spiro atoms. The second kappa shape index (κ2) is 9.68. The number of aryl methyl sites for hydroxylation is 3. The number of hydrogen-bond acceptors (Lipinski definition) is 6. The summed E-state index contributed by atoms with van der Waals surface area (Å²) in [6.45, 7) is 5.79. The van der Waals surface area contributed by atoms with Gasteiger partial charge in [-0.1, -0.05) is 59.7 Å². The molecule has 7 nitrogen and oxygen atoms in total. The summed E-state index contributed by atoms with van der Waals surface area (Å²) in [5, 5.41) is 0. The van der Waals surface area contributed by atoms with Gasteiger partial charge < -0.3 is 4.74 Å². The van der Waals surface area contributed by atoms with Crippen molar-refractivity contribution in [3.8, 4) is 22.9 Å². The van der Waals surface area contributed by atoms with E-state index in [4.69, 9.17) is 4.74 Å². The average molecular weight is 489 g/mol. The molecule has 2 aromatic carbocycles. The number of nitrogens with one attached hydrogen (secondary N) is 1. The van der Waals surface area contributed by atoms with Crippen molar-refractivity contribution < 1.29 is 22.7 Å². The molecule has 35 heavy (non-hydrogen) atoms. The van der Waals surface area contributed by atoms with Crippen LogP contribution in [0.1, 0.15) is 33.5 Å². The molecule has 8 heteroatoms. The van der Waals surface area contributed by atoms with Crippen molar-refractivity contribution in [2.75, 3.05) is 0 Å². The lowest BCUT2D eigenvalue weighted by Crippen LogP contribution is -2.34. The molecular formula is C27H24N2O5S. The Morgan fingerprint density at radius 1 is 0.971 bits per heavy atom. The van der Waals surface area contributed by atoms with Crippen molar-refractivity contribution in [1.82, 2.24) is 9.71 Å². The number of carbonyl (C=O) groups is 2. The number of aromatic nitrogens is 1. The van der Waals surface area contributed by atoms with Crippen LogP contribution in [0.25, 0.3) is 11.3 Å². The standard InChI is InChI=1S/C27H24N2O5S/c1-17-8-11-20(12-9-17)22-14-13-21(27(28-22)34-24-15-10-18(2)16-19(24)3)26(31)29-35(32,33)25-7-5-4-6-23(25)30/h4-5,7-16H,6H2,1-3H3,(H,29,31). The van der Waals surface area contributed by atoms with Gasteiger partial charge in [-0.05, 0) is 50.6 Å². The molecule has 0 unspecified atom stereocenters. The predicted octanol–water partition coefficient (Wildman–Crippen LogP) is 4.94. The summed E-state index contributed by atoms with van der Waals surface area (Å²) in [7, 11) is -4.37. The number of nitrogens with zero attached hydrogens (tertiary/aromatic N) is 1. The van der Waals surface area contributed by atoms with Gasteiger partial charge in [0.2, 0.25) is 5.88 Å². The largest absolute Gasteiger partial charge is 0.438 e. The number of ether oxygens (including phenoxy) is 1. The molecule has 0 atom stereocenters. The SMILES string of the molecule is Cc1ccc(-c2ccc(C(=O)NS(=O)(=O)C3=CC=CCC3=O)c(Oc3ccc(C)cc3C)n2)cc1. The van der Waals surface area contributed by atoms with E-state index in [9.17, 15) is 18.0 Å². The topological polar surface area (TPSA) is 102 Å². The molecule has 0 aliphatic heterocycles. The minimum Gasteiger partial charge on any atom is -0.438 e. The van der Waals surface area contributed by atoms with E-state index >= 15 is 0 Å². The fourth-order valence-electron chi connectivity index (χ4n) is 3.59. The van der Waals surface area contributed by atoms with E-state index in [-0.39, 0.29) is 17.9 Å². The third kappa shape index (κ3) is 5.38. The quantitative estimate of drug-likeness (QED) is 0.527. The van der Waals surface area contributed by atoms with Crippen molar-refractivity contribution in [3.63, 3.8) is 0 Å². The summed E-state index contributed by atoms with van der Waals surface area (Å²) >= 11 is 0. The lowest BCUT2D eigenvalue weighted by atomic mass is 10.1. The van der Waals surface area contributed by atoms with Crippen LogP contribution in [0.3, 0.4) is 0 Å². The molecule has 1 amide bonds. The van der Waals surface area contributed by atoms with Gasteiger partial charge in [0.05, 0.1) is 5.69 Å². The molecule has 0 radical (unpaired) electrons. The maximum Gasteiger partial charge on any atom is 0.270 e. The first-order valence-corrected chi connectivity index (χ1v) is 12.4. The zero-order valence-electron chi connectivity index (χ0n) is 19.5. The van der Waals surface area contributed by atoms with Gasteiger partial charge in [-0.25, -0.2) is 18.1 Å². The van der Waals surface area contributed by atoms with Crippen molar-refractivity contribution >= 4 is 21.7 Å². The molecular weight excluding hydrogens is 464 g/mol. The van der Waals surface area contributed by atoms with E-state index in [2.05, 4.69) is 4.98 Å². The van der Waals surface area contributed by atoms with Gasteiger partial charge in [0.25, 0.3) is 15.9 Å². The Bertz CT molecular complexity index is 1490. The highest BCUT2D eigenvalue weighted by molar-refractivity contribution is 7.95. The Kier molecular flexibility index (Phi) is 6.66. The average Bonchev–Trinajstić information content (AvgIpc) is 2.81. The zero-order valence-corrected chi connectivity index (χ0v) is 20.3. The third-order valence-electron chi connectivity index (χ3n) is 5.47. The van der Waals surface area contributed by atoms with E-state index in [0.717, 1.165) is 22.3 Å². The molecule has 4 rings (SSSR count). The number of benzene rings is 2. The molecule has 1 aliphatic rings. The van der Waals surface area contributed by atoms with Crippen LogP contribution >= 0.6 is 0 Å². The van der Waals surface area contributed by atoms with Crippen LogP contribution in [0.5, 0.6) is 11.6 Å². The molecule has 0 saturated heterocycles. The highest BCUT2D eigenvalue weighted by atomic mass is 32.2. The summed E-state index contributed by atoms with van der Waals surface area (Å²) in [6, 6.07) is 16.3. The summed E-state index contributed by atoms with van der Waals surface area (Å²) in [6.07, 6.45) is 4.14. The molecule has 1 N–H and O–H groups in total. The zero-order chi connectivity index (χ0) is 25.2. The van der Waals surface area contributed by atoms with Gasteiger partial charge in [-0.3, -0.25) is 9.59 Å². The molecule has 3 aromatic rings. The van der Waals surface area contributed by atoms with Crippen molar-refractivity contribution in [3.05, 3.63) is 100.0 Å². The van der Waals surface area contributed by atoms with Crippen molar-refractivity contribution in [2.24, 2.45) is 0 Å². The van der Waals surface area contributed by atoms with Gasteiger partial charge in [0.1, 0.15) is 16.2 Å². The molecule has 0 bridgehead atoms. The van der Waals surface area contributed by atoms with Crippen LogP contribution in [-0.4, -0.2) is 25.1 Å².